The molecule has 0 spiro atoms. The number of hydrogen-bond acceptors (Lipinski definition) is 3. The summed E-state index contributed by atoms with van der Waals surface area (Å²) in [5.41, 5.74) is 0.967. The number of aryl methyl sites for hydroxylation is 1. The summed E-state index contributed by atoms with van der Waals surface area (Å²) in [5.74, 6) is 0.0511. The van der Waals surface area contributed by atoms with E-state index in [2.05, 4.69) is 17.1 Å². The molecule has 0 atom stereocenters. The second-order valence-corrected chi connectivity index (χ2v) is 6.98. The Morgan fingerprint density at radius 2 is 1.80 bits per heavy atom. The molecule has 1 saturated heterocycles. The van der Waals surface area contributed by atoms with E-state index < -0.39 is 0 Å². The third-order valence-electron chi connectivity index (χ3n) is 4.46. The van der Waals surface area contributed by atoms with Crippen LogP contribution in [0.3, 0.4) is 0 Å². The minimum Gasteiger partial charge on any atom is -0.356 e. The summed E-state index contributed by atoms with van der Waals surface area (Å²) in [6, 6.07) is 5.37. The van der Waals surface area contributed by atoms with Crippen molar-refractivity contribution >= 4 is 35.0 Å². The average molecular weight is 386 g/mol. The molecule has 1 N–H and O–H groups in total. The molecule has 25 heavy (non-hydrogen) atoms. The summed E-state index contributed by atoms with van der Waals surface area (Å²) < 4.78 is 0. The van der Waals surface area contributed by atoms with Gasteiger partial charge in [-0.15, -0.1) is 0 Å². The van der Waals surface area contributed by atoms with E-state index in [0.29, 0.717) is 35.9 Å². The molecule has 0 bridgehead atoms. The number of amides is 2. The van der Waals surface area contributed by atoms with Crippen LogP contribution in [0.15, 0.2) is 18.2 Å². The Labute approximate surface area is 159 Å². The minimum absolute atomic E-state index is 0.0605. The Morgan fingerprint density at radius 1 is 1.08 bits per heavy atom. The molecule has 138 valence electrons. The number of rotatable bonds is 7. The third kappa shape index (κ3) is 6.49. The molecule has 0 radical (unpaired) electrons. The quantitative estimate of drug-likeness (QED) is 0.784. The van der Waals surface area contributed by atoms with Crippen molar-refractivity contribution in [3.8, 4) is 0 Å². The highest BCUT2D eigenvalue weighted by molar-refractivity contribution is 6.42. The molecule has 1 aromatic carbocycles. The van der Waals surface area contributed by atoms with Crippen LogP contribution in [0.2, 0.25) is 10.0 Å². The van der Waals surface area contributed by atoms with Crippen LogP contribution in [0.5, 0.6) is 0 Å². The Kier molecular flexibility index (Phi) is 8.00. The van der Waals surface area contributed by atoms with Crippen molar-refractivity contribution in [2.75, 3.05) is 39.3 Å². The number of nitrogens with one attached hydrogen (secondary N) is 1. The highest BCUT2D eigenvalue weighted by atomic mass is 35.5. The van der Waals surface area contributed by atoms with Gasteiger partial charge in [0.1, 0.15) is 0 Å². The molecule has 1 aromatic rings. The zero-order chi connectivity index (χ0) is 18.2. The first-order valence-electron chi connectivity index (χ1n) is 8.70. The summed E-state index contributed by atoms with van der Waals surface area (Å²) in [6.07, 6.45) is 1.31. The summed E-state index contributed by atoms with van der Waals surface area (Å²) in [4.78, 5) is 28.3. The van der Waals surface area contributed by atoms with Crippen LogP contribution in [0, 0.1) is 0 Å². The lowest BCUT2D eigenvalue weighted by atomic mass is 10.1. The van der Waals surface area contributed by atoms with Gasteiger partial charge in [0.2, 0.25) is 11.8 Å². The zero-order valence-electron chi connectivity index (χ0n) is 14.6. The van der Waals surface area contributed by atoms with Crippen LogP contribution < -0.4 is 5.32 Å². The van der Waals surface area contributed by atoms with Crippen LogP contribution in [-0.2, 0) is 16.0 Å². The van der Waals surface area contributed by atoms with Gasteiger partial charge in [0.15, 0.2) is 0 Å². The maximum absolute atomic E-state index is 12.2. The van der Waals surface area contributed by atoms with Crippen molar-refractivity contribution in [1.29, 1.82) is 0 Å². The molecule has 2 amide bonds. The van der Waals surface area contributed by atoms with E-state index in [-0.39, 0.29) is 11.8 Å². The highest BCUT2D eigenvalue weighted by Crippen LogP contribution is 2.23. The largest absolute Gasteiger partial charge is 0.356 e. The normalized spacial score (nSPS) is 15.2. The Hall–Kier alpha value is -1.30. The van der Waals surface area contributed by atoms with E-state index in [1.165, 1.54) is 0 Å². The van der Waals surface area contributed by atoms with Gasteiger partial charge in [-0.2, -0.15) is 0 Å². The smallest absolute Gasteiger partial charge is 0.224 e. The summed E-state index contributed by atoms with van der Waals surface area (Å²) >= 11 is 11.8. The molecule has 1 heterocycles. The second kappa shape index (κ2) is 10.00. The summed E-state index contributed by atoms with van der Waals surface area (Å²) in [6.45, 7) is 6.95. The number of nitrogens with zero attached hydrogens (tertiary/aromatic N) is 2. The van der Waals surface area contributed by atoms with Gasteiger partial charge in [-0.1, -0.05) is 36.2 Å². The van der Waals surface area contributed by atoms with E-state index in [9.17, 15) is 9.59 Å². The van der Waals surface area contributed by atoms with E-state index in [4.69, 9.17) is 23.2 Å². The number of carbonyl (C=O) groups excluding carboxylic acids is 2. The lowest BCUT2D eigenvalue weighted by Crippen LogP contribution is -2.49. The van der Waals surface area contributed by atoms with Gasteiger partial charge in [-0.05, 0) is 30.7 Å². The first-order valence-corrected chi connectivity index (χ1v) is 9.46. The fourth-order valence-corrected chi connectivity index (χ4v) is 3.14. The predicted molar refractivity (Wildman–Crippen MR) is 101 cm³/mol. The molecule has 0 aliphatic carbocycles. The lowest BCUT2D eigenvalue weighted by Gasteiger charge is -2.34. The predicted octanol–water partition coefficient (Wildman–Crippen LogP) is 2.60. The standard InChI is InChI=1S/C18H25Cl2N3O2/c1-2-22-9-11-23(12-10-22)18(25)7-8-21-17(24)6-4-14-3-5-15(19)16(20)13-14/h3,5,13H,2,4,6-12H2,1H3,(H,21,24). The van der Waals surface area contributed by atoms with Crippen molar-refractivity contribution in [2.24, 2.45) is 0 Å². The van der Waals surface area contributed by atoms with E-state index in [1.54, 1.807) is 12.1 Å². The maximum Gasteiger partial charge on any atom is 0.224 e. The first kappa shape index (κ1) is 20.0. The van der Waals surface area contributed by atoms with Crippen LogP contribution in [0.4, 0.5) is 0 Å². The number of halogens is 2. The molecule has 0 unspecified atom stereocenters. The fraction of sp³-hybridized carbons (Fsp3) is 0.556. The first-order chi connectivity index (χ1) is 12.0. The molecular weight excluding hydrogens is 361 g/mol. The molecule has 1 aliphatic heterocycles. The molecule has 2 rings (SSSR count). The topological polar surface area (TPSA) is 52.6 Å². The van der Waals surface area contributed by atoms with Crippen molar-refractivity contribution in [3.63, 3.8) is 0 Å². The molecule has 1 fully saturated rings. The van der Waals surface area contributed by atoms with E-state index in [1.807, 2.05) is 11.0 Å². The number of carbonyl (C=O) groups is 2. The van der Waals surface area contributed by atoms with E-state index in [0.717, 1.165) is 38.3 Å². The Morgan fingerprint density at radius 3 is 2.44 bits per heavy atom. The van der Waals surface area contributed by atoms with Gasteiger partial charge in [0.05, 0.1) is 10.0 Å². The van der Waals surface area contributed by atoms with Crippen molar-refractivity contribution in [3.05, 3.63) is 33.8 Å². The molecular formula is C18H25Cl2N3O2. The van der Waals surface area contributed by atoms with Crippen LogP contribution in [-0.4, -0.2) is 60.9 Å². The molecule has 1 aliphatic rings. The van der Waals surface area contributed by atoms with E-state index >= 15 is 0 Å². The molecule has 7 heteroatoms. The van der Waals surface area contributed by atoms with Crippen molar-refractivity contribution in [1.82, 2.24) is 15.1 Å². The summed E-state index contributed by atoms with van der Waals surface area (Å²) in [5, 5.41) is 3.81. The van der Waals surface area contributed by atoms with Gasteiger partial charge in [-0.25, -0.2) is 0 Å². The summed E-state index contributed by atoms with van der Waals surface area (Å²) in [7, 11) is 0. The van der Waals surface area contributed by atoms with Crippen molar-refractivity contribution in [2.45, 2.75) is 26.2 Å². The molecule has 5 nitrogen and oxygen atoms in total. The van der Waals surface area contributed by atoms with Gasteiger partial charge >= 0.3 is 0 Å². The number of piperazine rings is 1. The highest BCUT2D eigenvalue weighted by Gasteiger charge is 2.19. The van der Waals surface area contributed by atoms with Gasteiger partial charge < -0.3 is 15.1 Å². The second-order valence-electron chi connectivity index (χ2n) is 6.16. The number of hydrogen-bond donors (Lipinski definition) is 1. The number of likely N-dealkylation sites (N-methyl/N-ethyl adjacent to an activating group) is 1. The Balaban J connectivity index is 1.63. The van der Waals surface area contributed by atoms with Gasteiger partial charge in [-0.3, -0.25) is 9.59 Å². The van der Waals surface area contributed by atoms with Gasteiger partial charge in [0.25, 0.3) is 0 Å². The van der Waals surface area contributed by atoms with Crippen molar-refractivity contribution < 1.29 is 9.59 Å². The van der Waals surface area contributed by atoms with Crippen LogP contribution >= 0.6 is 23.2 Å². The monoisotopic (exact) mass is 385 g/mol. The van der Waals surface area contributed by atoms with Crippen LogP contribution in [0.25, 0.3) is 0 Å². The average Bonchev–Trinajstić information content (AvgIpc) is 2.62. The maximum atomic E-state index is 12.2. The Bertz CT molecular complexity index is 602. The number of benzene rings is 1. The molecule has 0 saturated carbocycles. The third-order valence-corrected chi connectivity index (χ3v) is 5.20. The lowest BCUT2D eigenvalue weighted by molar-refractivity contribution is -0.132. The SMILES string of the molecule is CCN1CCN(C(=O)CCNC(=O)CCc2ccc(Cl)c(Cl)c2)CC1. The zero-order valence-corrected chi connectivity index (χ0v) is 16.1. The molecule has 0 aromatic heterocycles. The van der Waals surface area contributed by atoms with Crippen LogP contribution in [0.1, 0.15) is 25.3 Å². The fourth-order valence-electron chi connectivity index (χ4n) is 2.82. The minimum atomic E-state index is -0.0605. The van der Waals surface area contributed by atoms with Gasteiger partial charge in [0, 0.05) is 45.6 Å².